The van der Waals surface area contributed by atoms with Crippen LogP contribution in [0.3, 0.4) is 0 Å². The molecule has 0 spiro atoms. The van der Waals surface area contributed by atoms with Crippen LogP contribution in [0.25, 0.3) is 10.1 Å². The molecule has 0 radical (unpaired) electrons. The molecule has 0 bridgehead atoms. The Hall–Kier alpha value is -2.73. The first-order valence-corrected chi connectivity index (χ1v) is 9.93. The van der Waals surface area contributed by atoms with Crippen molar-refractivity contribution >= 4 is 33.2 Å². The number of pyridine rings is 1. The summed E-state index contributed by atoms with van der Waals surface area (Å²) in [5, 5.41) is 4.22. The van der Waals surface area contributed by atoms with Gasteiger partial charge in [0.05, 0.1) is 4.88 Å². The van der Waals surface area contributed by atoms with Gasteiger partial charge in [0.15, 0.2) is 0 Å². The van der Waals surface area contributed by atoms with Crippen LogP contribution in [0.4, 0.5) is 0 Å². The number of piperidine rings is 1. The number of amides is 2. The molecule has 3 aromatic rings. The molecule has 1 saturated heterocycles. The van der Waals surface area contributed by atoms with Crippen LogP contribution in [-0.4, -0.2) is 40.8 Å². The number of carbonyl (C=O) groups excluding carboxylic acids is 2. The first kappa shape index (κ1) is 17.7. The van der Waals surface area contributed by atoms with Crippen molar-refractivity contribution in [1.29, 1.82) is 0 Å². The van der Waals surface area contributed by atoms with Crippen molar-refractivity contribution in [3.05, 3.63) is 64.8 Å². The maximum Gasteiger partial charge on any atom is 0.264 e. The third kappa shape index (κ3) is 3.57. The van der Waals surface area contributed by atoms with Crippen molar-refractivity contribution in [2.45, 2.75) is 25.8 Å². The summed E-state index contributed by atoms with van der Waals surface area (Å²) in [6.07, 6.45) is 4.77. The normalized spacial score (nSPS) is 15.1. The first-order chi connectivity index (χ1) is 13.1. The topological polar surface area (TPSA) is 62.3 Å². The number of hydrogen-bond donors (Lipinski definition) is 1. The number of nitrogens with zero attached hydrogens (tertiary/aromatic N) is 2. The molecule has 6 heteroatoms. The Kier molecular flexibility index (Phi) is 4.90. The molecule has 138 valence electrons. The zero-order valence-corrected chi connectivity index (χ0v) is 16.0. The van der Waals surface area contributed by atoms with Crippen molar-refractivity contribution < 1.29 is 9.59 Å². The van der Waals surface area contributed by atoms with Gasteiger partial charge in [0.2, 0.25) is 0 Å². The van der Waals surface area contributed by atoms with Crippen LogP contribution >= 0.6 is 11.3 Å². The highest BCUT2D eigenvalue weighted by Gasteiger charge is 2.27. The smallest absolute Gasteiger partial charge is 0.264 e. The molecule has 2 amide bonds. The van der Waals surface area contributed by atoms with E-state index in [0.717, 1.165) is 33.4 Å². The molecule has 4 rings (SSSR count). The third-order valence-electron chi connectivity index (χ3n) is 5.10. The fourth-order valence-electron chi connectivity index (χ4n) is 3.52. The van der Waals surface area contributed by atoms with E-state index in [1.807, 2.05) is 24.0 Å². The van der Waals surface area contributed by atoms with E-state index in [4.69, 9.17) is 0 Å². The van der Waals surface area contributed by atoms with E-state index in [9.17, 15) is 9.59 Å². The van der Waals surface area contributed by atoms with E-state index in [1.165, 1.54) is 0 Å². The molecule has 3 heterocycles. The van der Waals surface area contributed by atoms with Crippen LogP contribution in [0, 0.1) is 6.92 Å². The molecule has 1 N–H and O–H groups in total. The predicted octanol–water partition coefficient (Wildman–Crippen LogP) is 3.64. The van der Waals surface area contributed by atoms with Gasteiger partial charge < -0.3 is 10.2 Å². The second-order valence-electron chi connectivity index (χ2n) is 6.83. The predicted molar refractivity (Wildman–Crippen MR) is 107 cm³/mol. The molecule has 0 atom stereocenters. The monoisotopic (exact) mass is 379 g/mol. The molecule has 5 nitrogen and oxygen atoms in total. The molecule has 0 saturated carbocycles. The molecule has 0 unspecified atom stereocenters. The van der Waals surface area contributed by atoms with Gasteiger partial charge in [-0.3, -0.25) is 14.6 Å². The summed E-state index contributed by atoms with van der Waals surface area (Å²) in [7, 11) is 0. The standard InChI is InChI=1S/C21H21N3O2S/c1-14-17-4-2-3-5-18(17)27-19(14)21(26)24-12-8-16(9-13-24)23-20(25)15-6-10-22-11-7-15/h2-7,10-11,16H,8-9,12-13H2,1H3,(H,23,25). The van der Waals surface area contributed by atoms with Gasteiger partial charge >= 0.3 is 0 Å². The number of carbonyl (C=O) groups is 2. The zero-order valence-electron chi connectivity index (χ0n) is 15.1. The molecule has 27 heavy (non-hydrogen) atoms. The van der Waals surface area contributed by atoms with E-state index in [0.29, 0.717) is 18.7 Å². The highest BCUT2D eigenvalue weighted by atomic mass is 32.1. The Labute approximate surface area is 162 Å². The average molecular weight is 379 g/mol. The van der Waals surface area contributed by atoms with E-state index < -0.39 is 0 Å². The highest BCUT2D eigenvalue weighted by Crippen LogP contribution is 2.32. The number of nitrogens with one attached hydrogen (secondary N) is 1. The number of rotatable bonds is 3. The molecule has 2 aromatic heterocycles. The Morgan fingerprint density at radius 1 is 1.11 bits per heavy atom. The largest absolute Gasteiger partial charge is 0.349 e. The molecular weight excluding hydrogens is 358 g/mol. The van der Waals surface area contributed by atoms with Crippen LogP contribution < -0.4 is 5.32 Å². The number of fused-ring (bicyclic) bond motifs is 1. The number of benzene rings is 1. The van der Waals surface area contributed by atoms with E-state index in [2.05, 4.69) is 22.4 Å². The summed E-state index contributed by atoms with van der Waals surface area (Å²) in [5.74, 6) is 0.0233. The maximum atomic E-state index is 13.0. The number of likely N-dealkylation sites (tertiary alicyclic amines) is 1. The Balaban J connectivity index is 1.39. The van der Waals surface area contributed by atoms with Crippen molar-refractivity contribution in [3.63, 3.8) is 0 Å². The van der Waals surface area contributed by atoms with Crippen LogP contribution in [-0.2, 0) is 0 Å². The van der Waals surface area contributed by atoms with Gasteiger partial charge in [-0.05, 0) is 48.9 Å². The Morgan fingerprint density at radius 2 is 1.81 bits per heavy atom. The summed E-state index contributed by atoms with van der Waals surface area (Å²) >= 11 is 1.57. The van der Waals surface area contributed by atoms with Gasteiger partial charge in [0.25, 0.3) is 11.8 Å². The second kappa shape index (κ2) is 7.48. The summed E-state index contributed by atoms with van der Waals surface area (Å²) in [6.45, 7) is 3.34. The Morgan fingerprint density at radius 3 is 2.52 bits per heavy atom. The van der Waals surface area contributed by atoms with Gasteiger partial charge in [-0.25, -0.2) is 0 Å². The summed E-state index contributed by atoms with van der Waals surface area (Å²) in [5.41, 5.74) is 1.68. The van der Waals surface area contributed by atoms with Crippen molar-refractivity contribution in [2.75, 3.05) is 13.1 Å². The SMILES string of the molecule is Cc1c(C(=O)N2CCC(NC(=O)c3ccncc3)CC2)sc2ccccc12. The molecule has 1 fully saturated rings. The number of aryl methyl sites for hydroxylation is 1. The van der Waals surface area contributed by atoms with Crippen molar-refractivity contribution in [3.8, 4) is 0 Å². The van der Waals surface area contributed by atoms with E-state index in [-0.39, 0.29) is 17.9 Å². The van der Waals surface area contributed by atoms with Gasteiger partial charge in [-0.1, -0.05) is 18.2 Å². The van der Waals surface area contributed by atoms with Gasteiger partial charge in [0, 0.05) is 41.8 Å². The summed E-state index contributed by atoms with van der Waals surface area (Å²) < 4.78 is 1.15. The minimum Gasteiger partial charge on any atom is -0.349 e. The zero-order chi connectivity index (χ0) is 18.8. The Bertz CT molecular complexity index is 976. The maximum absolute atomic E-state index is 13.0. The molecular formula is C21H21N3O2S. The van der Waals surface area contributed by atoms with E-state index >= 15 is 0 Å². The molecule has 1 aliphatic heterocycles. The van der Waals surface area contributed by atoms with E-state index in [1.54, 1.807) is 35.9 Å². The summed E-state index contributed by atoms with van der Waals surface area (Å²) in [6, 6.07) is 11.6. The van der Waals surface area contributed by atoms with Crippen molar-refractivity contribution in [2.24, 2.45) is 0 Å². The number of thiophene rings is 1. The number of hydrogen-bond acceptors (Lipinski definition) is 4. The fourth-order valence-corrected chi connectivity index (χ4v) is 4.70. The van der Waals surface area contributed by atoms with Crippen LogP contribution in [0.5, 0.6) is 0 Å². The lowest BCUT2D eigenvalue weighted by molar-refractivity contribution is 0.0702. The van der Waals surface area contributed by atoms with Crippen LogP contribution in [0.2, 0.25) is 0 Å². The second-order valence-corrected chi connectivity index (χ2v) is 7.88. The fraction of sp³-hybridized carbons (Fsp3) is 0.286. The quantitative estimate of drug-likeness (QED) is 0.756. The van der Waals surface area contributed by atoms with Crippen molar-refractivity contribution in [1.82, 2.24) is 15.2 Å². The molecule has 0 aliphatic carbocycles. The number of aromatic nitrogens is 1. The molecule has 1 aromatic carbocycles. The minimum absolute atomic E-state index is 0.0810. The highest BCUT2D eigenvalue weighted by molar-refractivity contribution is 7.21. The van der Waals surface area contributed by atoms with Gasteiger partial charge in [0.1, 0.15) is 0 Å². The van der Waals surface area contributed by atoms with Crippen LogP contribution in [0.1, 0.15) is 38.4 Å². The van der Waals surface area contributed by atoms with Crippen LogP contribution in [0.15, 0.2) is 48.8 Å². The lowest BCUT2D eigenvalue weighted by Crippen LogP contribution is -2.46. The lowest BCUT2D eigenvalue weighted by Gasteiger charge is -2.32. The lowest BCUT2D eigenvalue weighted by atomic mass is 10.0. The summed E-state index contributed by atoms with van der Waals surface area (Å²) in [4.78, 5) is 31.9. The van der Waals surface area contributed by atoms with Gasteiger partial charge in [-0.15, -0.1) is 11.3 Å². The first-order valence-electron chi connectivity index (χ1n) is 9.12. The average Bonchev–Trinajstić information content (AvgIpc) is 3.05. The molecule has 1 aliphatic rings. The third-order valence-corrected chi connectivity index (χ3v) is 6.36. The minimum atomic E-state index is -0.0810. The van der Waals surface area contributed by atoms with Gasteiger partial charge in [-0.2, -0.15) is 0 Å².